The van der Waals surface area contributed by atoms with Crippen LogP contribution < -0.4 is 10.6 Å². The van der Waals surface area contributed by atoms with Gasteiger partial charge in [-0.1, -0.05) is 67.0 Å². The van der Waals surface area contributed by atoms with Gasteiger partial charge in [-0.3, -0.25) is 4.90 Å². The molecule has 0 aromatic heterocycles. The van der Waals surface area contributed by atoms with Gasteiger partial charge < -0.3 is 10.6 Å². The molecule has 4 nitrogen and oxygen atoms in total. The Hall–Kier alpha value is -2.59. The highest BCUT2D eigenvalue weighted by molar-refractivity contribution is 5.89. The Morgan fingerprint density at radius 2 is 1.58 bits per heavy atom. The van der Waals surface area contributed by atoms with Crippen LogP contribution >= 0.6 is 0 Å². The summed E-state index contributed by atoms with van der Waals surface area (Å²) in [5, 5.41) is 6.15. The van der Waals surface area contributed by atoms with Crippen molar-refractivity contribution in [1.29, 1.82) is 0 Å². The van der Waals surface area contributed by atoms with Gasteiger partial charge in [-0.05, 0) is 61.8 Å². The van der Waals surface area contributed by atoms with E-state index in [0.717, 1.165) is 43.7 Å². The fourth-order valence-electron chi connectivity index (χ4n) is 4.65. The van der Waals surface area contributed by atoms with Gasteiger partial charge in [0, 0.05) is 31.4 Å². The zero-order valence-electron chi connectivity index (χ0n) is 18.5. The largest absolute Gasteiger partial charge is 0.335 e. The molecule has 0 bridgehead atoms. The van der Waals surface area contributed by atoms with Gasteiger partial charge in [0.05, 0.1) is 0 Å². The van der Waals surface area contributed by atoms with Crippen LogP contribution in [-0.2, 0) is 0 Å². The summed E-state index contributed by atoms with van der Waals surface area (Å²) in [5.41, 5.74) is 4.78. The van der Waals surface area contributed by atoms with Crippen molar-refractivity contribution in [3.8, 4) is 11.1 Å². The Balaban J connectivity index is 1.20. The number of anilines is 1. The summed E-state index contributed by atoms with van der Waals surface area (Å²) >= 11 is 0. The van der Waals surface area contributed by atoms with Crippen molar-refractivity contribution < 1.29 is 4.79 Å². The number of allylic oxidation sites excluding steroid dienone is 1. The molecule has 164 valence electrons. The van der Waals surface area contributed by atoms with Crippen LogP contribution in [0.4, 0.5) is 10.5 Å². The third kappa shape index (κ3) is 6.70. The van der Waals surface area contributed by atoms with Gasteiger partial charge in [0.25, 0.3) is 0 Å². The van der Waals surface area contributed by atoms with Crippen LogP contribution in [0.1, 0.15) is 51.4 Å². The molecule has 0 atom stereocenters. The summed E-state index contributed by atoms with van der Waals surface area (Å²) in [4.78, 5) is 15.0. The topological polar surface area (TPSA) is 44.4 Å². The lowest BCUT2D eigenvalue weighted by atomic mass is 9.98. The van der Waals surface area contributed by atoms with Crippen LogP contribution in [0, 0.1) is 0 Å². The van der Waals surface area contributed by atoms with Crippen LogP contribution in [0.3, 0.4) is 0 Å². The molecule has 4 heteroatoms. The average molecular weight is 418 g/mol. The van der Waals surface area contributed by atoms with Gasteiger partial charge in [0.15, 0.2) is 0 Å². The zero-order chi connectivity index (χ0) is 21.3. The molecule has 1 aliphatic carbocycles. The predicted molar refractivity (Wildman–Crippen MR) is 129 cm³/mol. The molecule has 0 radical (unpaired) electrons. The summed E-state index contributed by atoms with van der Waals surface area (Å²) in [6.07, 6.45) is 12.5. The van der Waals surface area contributed by atoms with Crippen molar-refractivity contribution in [2.75, 3.05) is 25.0 Å². The van der Waals surface area contributed by atoms with Crippen LogP contribution in [0.5, 0.6) is 0 Å². The highest BCUT2D eigenvalue weighted by Crippen LogP contribution is 2.22. The Bertz CT molecular complexity index is 852. The van der Waals surface area contributed by atoms with Gasteiger partial charge in [-0.2, -0.15) is 0 Å². The van der Waals surface area contributed by atoms with Crippen LogP contribution in [0.15, 0.2) is 66.2 Å². The summed E-state index contributed by atoms with van der Waals surface area (Å²) in [7, 11) is 0. The molecule has 1 fully saturated rings. The molecule has 4 rings (SSSR count). The number of nitrogens with one attached hydrogen (secondary N) is 2. The Morgan fingerprint density at radius 3 is 2.35 bits per heavy atom. The second-order valence-corrected chi connectivity index (χ2v) is 8.91. The van der Waals surface area contributed by atoms with Crippen molar-refractivity contribution >= 4 is 11.7 Å². The van der Waals surface area contributed by atoms with Crippen LogP contribution in [0.25, 0.3) is 11.1 Å². The Labute approximate surface area is 186 Å². The normalized spacial score (nSPS) is 20.2. The molecule has 2 aromatic rings. The van der Waals surface area contributed by atoms with Crippen molar-refractivity contribution in [2.24, 2.45) is 0 Å². The summed E-state index contributed by atoms with van der Waals surface area (Å²) in [5.74, 6) is 0. The third-order valence-electron chi connectivity index (χ3n) is 6.48. The Kier molecular flexibility index (Phi) is 7.78. The second-order valence-electron chi connectivity index (χ2n) is 8.91. The number of carbonyl (C=O) groups is 1. The van der Waals surface area contributed by atoms with E-state index >= 15 is 0 Å². The van der Waals surface area contributed by atoms with Gasteiger partial charge in [0.1, 0.15) is 0 Å². The maximum absolute atomic E-state index is 12.5. The molecule has 0 spiro atoms. The van der Waals surface area contributed by atoms with Crippen molar-refractivity contribution in [1.82, 2.24) is 10.2 Å². The van der Waals surface area contributed by atoms with Gasteiger partial charge in [-0.15, -0.1) is 0 Å². The first-order chi connectivity index (χ1) is 15.3. The first-order valence-corrected chi connectivity index (χ1v) is 11.9. The maximum atomic E-state index is 12.5. The van der Waals surface area contributed by atoms with Crippen molar-refractivity contribution in [3.05, 3.63) is 66.2 Å². The molecule has 31 heavy (non-hydrogen) atoms. The monoisotopic (exact) mass is 417 g/mol. The third-order valence-corrected chi connectivity index (χ3v) is 6.48. The zero-order valence-corrected chi connectivity index (χ0v) is 18.5. The van der Waals surface area contributed by atoms with E-state index in [1.807, 2.05) is 42.5 Å². The summed E-state index contributed by atoms with van der Waals surface area (Å²) in [6, 6.07) is 18.5. The lowest BCUT2D eigenvalue weighted by Crippen LogP contribution is -2.46. The fourth-order valence-corrected chi connectivity index (χ4v) is 4.65. The fraction of sp³-hybridized carbons (Fsp3) is 0.444. The van der Waals surface area contributed by atoms with E-state index in [4.69, 9.17) is 0 Å². The molecule has 2 aliphatic rings. The van der Waals surface area contributed by atoms with E-state index < -0.39 is 0 Å². The minimum atomic E-state index is -0.103. The lowest BCUT2D eigenvalue weighted by Gasteiger charge is -2.33. The minimum Gasteiger partial charge on any atom is -0.335 e. The van der Waals surface area contributed by atoms with E-state index in [1.54, 1.807) is 5.57 Å². The van der Waals surface area contributed by atoms with Crippen LogP contribution in [-0.4, -0.2) is 36.6 Å². The summed E-state index contributed by atoms with van der Waals surface area (Å²) in [6.45, 7) is 3.24. The number of urea groups is 1. The molecule has 2 amide bonds. The summed E-state index contributed by atoms with van der Waals surface area (Å²) < 4.78 is 0. The van der Waals surface area contributed by atoms with Gasteiger partial charge >= 0.3 is 6.03 Å². The average Bonchev–Trinajstić information content (AvgIpc) is 2.78. The molecular formula is C27H35N3O. The lowest BCUT2D eigenvalue weighted by molar-refractivity contribution is 0.205. The first kappa shape index (κ1) is 21.6. The molecule has 1 aliphatic heterocycles. The molecule has 2 N–H and O–H groups in total. The molecule has 2 aromatic carbocycles. The second kappa shape index (κ2) is 11.1. The number of carbonyl (C=O) groups excluding carboxylic acids is 1. The molecule has 1 heterocycles. The maximum Gasteiger partial charge on any atom is 0.319 e. The first-order valence-electron chi connectivity index (χ1n) is 11.9. The molecular weight excluding hydrogens is 382 g/mol. The number of nitrogens with zero attached hydrogens (tertiary/aromatic N) is 1. The quantitative estimate of drug-likeness (QED) is 0.567. The van der Waals surface area contributed by atoms with Gasteiger partial charge in [-0.25, -0.2) is 4.79 Å². The predicted octanol–water partition coefficient (Wildman–Crippen LogP) is 6.22. The van der Waals surface area contributed by atoms with E-state index in [0.29, 0.717) is 0 Å². The number of likely N-dealkylation sites (tertiary alicyclic amines) is 1. The van der Waals surface area contributed by atoms with E-state index in [2.05, 4.69) is 33.7 Å². The number of rotatable bonds is 5. The molecule has 1 saturated heterocycles. The highest BCUT2D eigenvalue weighted by atomic mass is 16.2. The highest BCUT2D eigenvalue weighted by Gasteiger charge is 2.21. The van der Waals surface area contributed by atoms with E-state index in [-0.39, 0.29) is 12.1 Å². The number of hydrogen-bond acceptors (Lipinski definition) is 2. The van der Waals surface area contributed by atoms with Crippen molar-refractivity contribution in [3.63, 3.8) is 0 Å². The van der Waals surface area contributed by atoms with E-state index in [9.17, 15) is 4.79 Å². The number of amides is 2. The smallest absolute Gasteiger partial charge is 0.319 e. The molecule has 0 unspecified atom stereocenters. The Morgan fingerprint density at radius 1 is 0.871 bits per heavy atom. The number of benzene rings is 2. The minimum absolute atomic E-state index is 0.103. The standard InChI is InChI=1S/C27H35N3O/c31-27(28-25-15-13-24(14-16-25)23-11-7-4-8-12-23)29-26-17-19-30(20-18-26)21-22-9-5-2-1-3-6-10-22/h4,7-9,11-16,26H,1-3,5-6,10,17-21H2,(H2,28,29,31)/b22-9+. The van der Waals surface area contributed by atoms with Gasteiger partial charge in [0.2, 0.25) is 0 Å². The van der Waals surface area contributed by atoms with Crippen molar-refractivity contribution in [2.45, 2.75) is 57.4 Å². The number of piperidine rings is 1. The van der Waals surface area contributed by atoms with Crippen LogP contribution in [0.2, 0.25) is 0 Å². The molecule has 0 saturated carbocycles. The van der Waals surface area contributed by atoms with E-state index in [1.165, 1.54) is 44.1 Å². The number of hydrogen-bond donors (Lipinski definition) is 2. The SMILES string of the molecule is O=C(Nc1ccc(-c2ccccc2)cc1)NC1CCN(C/C2=C/CCCCCC2)CC1.